The lowest BCUT2D eigenvalue weighted by molar-refractivity contribution is 0.0922. The minimum absolute atomic E-state index is 0.0651. The van der Waals surface area contributed by atoms with Crippen LogP contribution in [0.3, 0.4) is 0 Å². The number of hydrogen-bond donors (Lipinski definition) is 2. The fraction of sp³-hybridized carbons (Fsp3) is 0.667. The minimum atomic E-state index is -0.0651. The Labute approximate surface area is 101 Å². The van der Waals surface area contributed by atoms with E-state index < -0.39 is 0 Å². The third-order valence-electron chi connectivity index (χ3n) is 3.77. The fourth-order valence-corrected chi connectivity index (χ4v) is 2.53. The van der Waals surface area contributed by atoms with Crippen LogP contribution in [0.4, 0.5) is 0 Å². The normalized spacial score (nSPS) is 18.2. The molecule has 0 aromatic carbocycles. The Morgan fingerprint density at radius 2 is 2.29 bits per heavy atom. The van der Waals surface area contributed by atoms with Crippen LogP contribution < -0.4 is 11.1 Å². The number of carbonyl (C=O) groups excluding carboxylic acids is 1. The first-order valence-corrected chi connectivity index (χ1v) is 6.13. The van der Waals surface area contributed by atoms with E-state index in [9.17, 15) is 4.79 Å². The number of nitrogens with two attached hydrogens (primary N) is 1. The molecule has 1 aliphatic carbocycles. The zero-order valence-corrected chi connectivity index (χ0v) is 10.3. The lowest BCUT2D eigenvalue weighted by atomic mass is 9.86. The highest BCUT2D eigenvalue weighted by molar-refractivity contribution is 5.92. The lowest BCUT2D eigenvalue weighted by Gasteiger charge is -2.27. The van der Waals surface area contributed by atoms with Crippen molar-refractivity contribution in [1.29, 1.82) is 0 Å². The summed E-state index contributed by atoms with van der Waals surface area (Å²) in [7, 11) is 1.77. The predicted molar refractivity (Wildman–Crippen MR) is 65.5 cm³/mol. The van der Waals surface area contributed by atoms with Crippen molar-refractivity contribution in [3.63, 3.8) is 0 Å². The summed E-state index contributed by atoms with van der Waals surface area (Å²) in [6.07, 6.45) is 6.31. The monoisotopic (exact) mass is 236 g/mol. The van der Waals surface area contributed by atoms with Gasteiger partial charge in [-0.3, -0.25) is 9.48 Å². The predicted octanol–water partition coefficient (Wildman–Crippen LogP) is 0.669. The van der Waals surface area contributed by atoms with Crippen LogP contribution in [0.25, 0.3) is 0 Å². The number of rotatable bonds is 4. The second-order valence-corrected chi connectivity index (χ2v) is 4.93. The van der Waals surface area contributed by atoms with Gasteiger partial charge in [0, 0.05) is 19.8 Å². The van der Waals surface area contributed by atoms with Crippen LogP contribution in [-0.4, -0.2) is 28.8 Å². The van der Waals surface area contributed by atoms with Crippen LogP contribution in [0.5, 0.6) is 0 Å². The maximum atomic E-state index is 11.9. The van der Waals surface area contributed by atoms with Gasteiger partial charge in [-0.05, 0) is 30.9 Å². The maximum absolute atomic E-state index is 11.9. The van der Waals surface area contributed by atoms with Gasteiger partial charge < -0.3 is 11.1 Å². The third kappa shape index (κ3) is 2.49. The zero-order chi connectivity index (χ0) is 12.3. The first-order chi connectivity index (χ1) is 8.17. The molecular weight excluding hydrogens is 216 g/mol. The molecule has 0 atom stereocenters. The average Bonchev–Trinajstić information content (AvgIpc) is 2.95. The van der Waals surface area contributed by atoms with Crippen molar-refractivity contribution in [2.45, 2.75) is 25.7 Å². The van der Waals surface area contributed by atoms with Crippen LogP contribution in [-0.2, 0) is 7.05 Å². The van der Waals surface area contributed by atoms with Gasteiger partial charge in [-0.1, -0.05) is 12.8 Å². The number of carbonyl (C=O) groups is 1. The summed E-state index contributed by atoms with van der Waals surface area (Å²) in [5, 5.41) is 6.97. The molecule has 1 saturated carbocycles. The van der Waals surface area contributed by atoms with E-state index >= 15 is 0 Å². The third-order valence-corrected chi connectivity index (χ3v) is 3.77. The molecule has 94 valence electrons. The quantitative estimate of drug-likeness (QED) is 0.807. The topological polar surface area (TPSA) is 72.9 Å². The number of hydrogen-bond acceptors (Lipinski definition) is 3. The average molecular weight is 236 g/mol. The Bertz CT molecular complexity index is 393. The molecule has 1 aromatic heterocycles. The molecule has 2 rings (SSSR count). The molecule has 1 aliphatic rings. The van der Waals surface area contributed by atoms with Crippen molar-refractivity contribution in [3.05, 3.63) is 18.0 Å². The van der Waals surface area contributed by atoms with Gasteiger partial charge in [0.1, 0.15) is 5.69 Å². The van der Waals surface area contributed by atoms with E-state index in [0.29, 0.717) is 18.8 Å². The Balaban J connectivity index is 1.94. The fourth-order valence-electron chi connectivity index (χ4n) is 2.53. The molecule has 1 heterocycles. The van der Waals surface area contributed by atoms with Gasteiger partial charge in [0.05, 0.1) is 0 Å². The van der Waals surface area contributed by atoms with Crippen LogP contribution in [0.1, 0.15) is 36.2 Å². The Kier molecular flexibility index (Phi) is 3.47. The number of aryl methyl sites for hydroxylation is 1. The molecule has 0 spiro atoms. The Hall–Kier alpha value is -1.36. The standard InChI is InChI=1S/C12H20N4O/c1-16-10(4-7-15-16)11(17)14-9-12(8-13)5-2-3-6-12/h4,7H,2-3,5-6,8-9,13H2,1H3,(H,14,17). The van der Waals surface area contributed by atoms with Gasteiger partial charge in [-0.2, -0.15) is 5.10 Å². The summed E-state index contributed by atoms with van der Waals surface area (Å²) in [5.41, 5.74) is 6.55. The number of nitrogens with one attached hydrogen (secondary N) is 1. The molecule has 5 heteroatoms. The molecule has 0 bridgehead atoms. The first-order valence-electron chi connectivity index (χ1n) is 6.13. The van der Waals surface area contributed by atoms with Crippen molar-refractivity contribution in [3.8, 4) is 0 Å². The van der Waals surface area contributed by atoms with Gasteiger partial charge in [0.15, 0.2) is 0 Å². The number of amides is 1. The van der Waals surface area contributed by atoms with Crippen molar-refractivity contribution < 1.29 is 4.79 Å². The highest BCUT2D eigenvalue weighted by Gasteiger charge is 2.32. The Morgan fingerprint density at radius 3 is 2.82 bits per heavy atom. The van der Waals surface area contributed by atoms with E-state index in [4.69, 9.17) is 5.73 Å². The van der Waals surface area contributed by atoms with Crippen molar-refractivity contribution >= 4 is 5.91 Å². The van der Waals surface area contributed by atoms with Crippen molar-refractivity contribution in [1.82, 2.24) is 15.1 Å². The molecule has 1 amide bonds. The maximum Gasteiger partial charge on any atom is 0.269 e. The molecule has 17 heavy (non-hydrogen) atoms. The summed E-state index contributed by atoms with van der Waals surface area (Å²) in [5.74, 6) is -0.0651. The lowest BCUT2D eigenvalue weighted by Crippen LogP contribution is -2.41. The van der Waals surface area contributed by atoms with E-state index in [1.165, 1.54) is 12.8 Å². The smallest absolute Gasteiger partial charge is 0.269 e. The Morgan fingerprint density at radius 1 is 1.59 bits per heavy atom. The summed E-state index contributed by atoms with van der Waals surface area (Å²) in [6, 6.07) is 1.72. The molecule has 0 aliphatic heterocycles. The van der Waals surface area contributed by atoms with Gasteiger partial charge >= 0.3 is 0 Å². The number of nitrogens with zero attached hydrogens (tertiary/aromatic N) is 2. The van der Waals surface area contributed by atoms with Crippen LogP contribution >= 0.6 is 0 Å². The molecule has 1 aromatic rings. The summed E-state index contributed by atoms with van der Waals surface area (Å²) in [6.45, 7) is 1.33. The van der Waals surface area contributed by atoms with E-state index in [1.807, 2.05) is 0 Å². The molecule has 3 N–H and O–H groups in total. The van der Waals surface area contributed by atoms with Crippen LogP contribution in [0.2, 0.25) is 0 Å². The van der Waals surface area contributed by atoms with Gasteiger partial charge in [-0.15, -0.1) is 0 Å². The van der Waals surface area contributed by atoms with E-state index in [-0.39, 0.29) is 11.3 Å². The van der Waals surface area contributed by atoms with E-state index in [0.717, 1.165) is 12.8 Å². The zero-order valence-electron chi connectivity index (χ0n) is 10.3. The highest BCUT2D eigenvalue weighted by Crippen LogP contribution is 2.36. The summed E-state index contributed by atoms with van der Waals surface area (Å²) < 4.78 is 1.58. The highest BCUT2D eigenvalue weighted by atomic mass is 16.2. The molecule has 1 fully saturated rings. The second kappa shape index (κ2) is 4.87. The SMILES string of the molecule is Cn1nccc1C(=O)NCC1(CN)CCCC1. The largest absolute Gasteiger partial charge is 0.350 e. The van der Waals surface area contributed by atoms with Crippen molar-refractivity contribution in [2.24, 2.45) is 18.2 Å². The summed E-state index contributed by atoms with van der Waals surface area (Å²) in [4.78, 5) is 11.9. The van der Waals surface area contributed by atoms with E-state index in [1.54, 1.807) is 24.0 Å². The molecule has 5 nitrogen and oxygen atoms in total. The number of aromatic nitrogens is 2. The first kappa shape index (κ1) is 12.1. The van der Waals surface area contributed by atoms with Crippen molar-refractivity contribution in [2.75, 3.05) is 13.1 Å². The minimum Gasteiger partial charge on any atom is -0.350 e. The van der Waals surface area contributed by atoms with E-state index in [2.05, 4.69) is 10.4 Å². The van der Waals surface area contributed by atoms with Crippen LogP contribution in [0, 0.1) is 5.41 Å². The van der Waals surface area contributed by atoms with Crippen LogP contribution in [0.15, 0.2) is 12.3 Å². The van der Waals surface area contributed by atoms with Gasteiger partial charge in [0.2, 0.25) is 0 Å². The van der Waals surface area contributed by atoms with Gasteiger partial charge in [0.25, 0.3) is 5.91 Å². The summed E-state index contributed by atoms with van der Waals surface area (Å²) >= 11 is 0. The molecule has 0 saturated heterocycles. The molecule has 0 unspecified atom stereocenters. The second-order valence-electron chi connectivity index (χ2n) is 4.93. The van der Waals surface area contributed by atoms with Gasteiger partial charge in [-0.25, -0.2) is 0 Å². The molecule has 0 radical (unpaired) electrons. The molecular formula is C12H20N4O.